The minimum atomic E-state index is -0.0872. The molecule has 0 unspecified atom stereocenters. The average molecular weight is 511 g/mol. The summed E-state index contributed by atoms with van der Waals surface area (Å²) in [4.78, 5) is 25.0. The summed E-state index contributed by atoms with van der Waals surface area (Å²) >= 11 is 0. The summed E-state index contributed by atoms with van der Waals surface area (Å²) in [6.45, 7) is 0. The van der Waals surface area contributed by atoms with E-state index in [1.807, 2.05) is 60.7 Å². The van der Waals surface area contributed by atoms with Crippen molar-refractivity contribution >= 4 is 33.4 Å². The van der Waals surface area contributed by atoms with Gasteiger partial charge in [-0.25, -0.2) is 0 Å². The number of carbonyl (C=O) groups excluding carboxylic acids is 1. The Kier molecular flexibility index (Phi) is 5.48. The molecule has 0 saturated heterocycles. The van der Waals surface area contributed by atoms with Gasteiger partial charge in [0.05, 0.1) is 47.7 Å². The highest BCUT2D eigenvalue weighted by Crippen LogP contribution is 2.34. The molecule has 5 heterocycles. The number of hydrogen-bond donors (Lipinski definition) is 3. The maximum Gasteiger partial charge on any atom is 0.228 e. The van der Waals surface area contributed by atoms with Crippen LogP contribution >= 0.6 is 0 Å². The van der Waals surface area contributed by atoms with Crippen LogP contribution in [-0.4, -0.2) is 31.1 Å². The first-order valence-corrected chi connectivity index (χ1v) is 12.5. The van der Waals surface area contributed by atoms with Crippen LogP contribution < -0.4 is 5.32 Å². The van der Waals surface area contributed by atoms with Crippen LogP contribution in [0, 0.1) is 0 Å². The Bertz CT molecular complexity index is 1940. The van der Waals surface area contributed by atoms with Crippen molar-refractivity contribution in [2.75, 3.05) is 5.32 Å². The van der Waals surface area contributed by atoms with Gasteiger partial charge in [0.15, 0.2) is 0 Å². The van der Waals surface area contributed by atoms with E-state index in [0.717, 1.165) is 61.1 Å². The van der Waals surface area contributed by atoms with Crippen LogP contribution in [0.25, 0.3) is 55.6 Å². The van der Waals surface area contributed by atoms with Gasteiger partial charge in [-0.3, -0.25) is 19.9 Å². The number of carbonyl (C=O) groups is 1. The Hall–Kier alpha value is -5.50. The zero-order valence-corrected chi connectivity index (χ0v) is 20.7. The SMILES string of the molecule is O=C(Cc1ccccc1)Nc1cncc(-c2ccc3[nH]nc(-c4cc5c(-c6ccoc6)nccc5[nH]4)c3c2)c1. The molecule has 7 aromatic rings. The molecule has 8 heteroatoms. The number of nitrogens with one attached hydrogen (secondary N) is 3. The van der Waals surface area contributed by atoms with Gasteiger partial charge >= 0.3 is 0 Å². The van der Waals surface area contributed by atoms with Gasteiger partial charge in [-0.1, -0.05) is 36.4 Å². The lowest BCUT2D eigenvalue weighted by atomic mass is 10.0. The molecular weight excluding hydrogens is 488 g/mol. The number of rotatable bonds is 6. The van der Waals surface area contributed by atoms with Crippen molar-refractivity contribution in [3.05, 3.63) is 109 Å². The molecule has 2 aromatic carbocycles. The first-order chi connectivity index (χ1) is 19.2. The Morgan fingerprint density at radius 1 is 0.846 bits per heavy atom. The van der Waals surface area contributed by atoms with Gasteiger partial charge in [0.1, 0.15) is 5.69 Å². The zero-order chi connectivity index (χ0) is 26.2. The molecule has 0 bridgehead atoms. The number of benzene rings is 2. The van der Waals surface area contributed by atoms with E-state index in [1.54, 1.807) is 31.1 Å². The fourth-order valence-corrected chi connectivity index (χ4v) is 4.86. The molecule has 3 N–H and O–H groups in total. The molecule has 0 radical (unpaired) electrons. The number of aromatic nitrogens is 5. The van der Waals surface area contributed by atoms with Gasteiger partial charge in [0, 0.05) is 39.8 Å². The van der Waals surface area contributed by atoms with E-state index in [0.29, 0.717) is 12.1 Å². The predicted molar refractivity (Wildman–Crippen MR) is 151 cm³/mol. The van der Waals surface area contributed by atoms with E-state index >= 15 is 0 Å². The lowest BCUT2D eigenvalue weighted by Crippen LogP contribution is -2.14. The van der Waals surface area contributed by atoms with Crippen LogP contribution in [0.15, 0.2) is 108 Å². The second-order valence-electron chi connectivity index (χ2n) is 9.32. The largest absolute Gasteiger partial charge is 0.472 e. The van der Waals surface area contributed by atoms with Crippen LogP contribution in [0.2, 0.25) is 0 Å². The smallest absolute Gasteiger partial charge is 0.228 e. The molecule has 0 aliphatic heterocycles. The molecule has 188 valence electrons. The first kappa shape index (κ1) is 22.7. The van der Waals surface area contributed by atoms with Gasteiger partial charge in [0.2, 0.25) is 5.91 Å². The highest BCUT2D eigenvalue weighted by Gasteiger charge is 2.15. The van der Waals surface area contributed by atoms with Crippen LogP contribution in [0.5, 0.6) is 0 Å². The van der Waals surface area contributed by atoms with Crippen molar-refractivity contribution in [3.8, 4) is 33.8 Å². The summed E-state index contributed by atoms with van der Waals surface area (Å²) < 4.78 is 5.27. The highest BCUT2D eigenvalue weighted by molar-refractivity contribution is 6.01. The van der Waals surface area contributed by atoms with Gasteiger partial charge in [-0.15, -0.1) is 0 Å². The van der Waals surface area contributed by atoms with Crippen LogP contribution in [-0.2, 0) is 11.2 Å². The van der Waals surface area contributed by atoms with Crippen LogP contribution in [0.1, 0.15) is 5.56 Å². The molecule has 39 heavy (non-hydrogen) atoms. The molecule has 0 atom stereocenters. The summed E-state index contributed by atoms with van der Waals surface area (Å²) in [5, 5.41) is 12.7. The number of pyridine rings is 2. The number of H-pyrrole nitrogens is 2. The Morgan fingerprint density at radius 2 is 1.74 bits per heavy atom. The zero-order valence-electron chi connectivity index (χ0n) is 20.7. The summed E-state index contributed by atoms with van der Waals surface area (Å²) in [6, 6.07) is 23.6. The van der Waals surface area contributed by atoms with Gasteiger partial charge in [0.25, 0.3) is 0 Å². The van der Waals surface area contributed by atoms with Crippen LogP contribution in [0.4, 0.5) is 5.69 Å². The first-order valence-electron chi connectivity index (χ1n) is 12.5. The third-order valence-electron chi connectivity index (χ3n) is 6.72. The average Bonchev–Trinajstić information content (AvgIpc) is 3.73. The maximum atomic E-state index is 12.6. The minimum absolute atomic E-state index is 0.0872. The number of nitrogens with zero attached hydrogens (tertiary/aromatic N) is 3. The van der Waals surface area contributed by atoms with Gasteiger partial charge < -0.3 is 14.7 Å². The Balaban J connectivity index is 1.21. The van der Waals surface area contributed by atoms with Crippen molar-refractivity contribution in [1.29, 1.82) is 0 Å². The molecule has 0 aliphatic rings. The molecule has 8 nitrogen and oxygen atoms in total. The third-order valence-corrected chi connectivity index (χ3v) is 6.72. The number of amides is 1. The quantitative estimate of drug-likeness (QED) is 0.233. The summed E-state index contributed by atoms with van der Waals surface area (Å²) in [6.07, 6.45) is 8.87. The van der Waals surface area contributed by atoms with Gasteiger partial charge in [-0.2, -0.15) is 5.10 Å². The van der Waals surface area contributed by atoms with E-state index in [1.165, 1.54) is 0 Å². The molecule has 0 saturated carbocycles. The summed E-state index contributed by atoms with van der Waals surface area (Å²) in [5.41, 5.74) is 8.81. The number of fused-ring (bicyclic) bond motifs is 2. The van der Waals surface area contributed by atoms with Crippen molar-refractivity contribution < 1.29 is 9.21 Å². The Morgan fingerprint density at radius 3 is 2.62 bits per heavy atom. The number of furan rings is 1. The molecule has 0 fully saturated rings. The molecule has 5 aromatic heterocycles. The highest BCUT2D eigenvalue weighted by atomic mass is 16.3. The predicted octanol–water partition coefficient (Wildman–Crippen LogP) is 6.61. The van der Waals surface area contributed by atoms with E-state index in [9.17, 15) is 4.79 Å². The lowest BCUT2D eigenvalue weighted by Gasteiger charge is -2.08. The molecule has 0 aliphatic carbocycles. The maximum absolute atomic E-state index is 12.6. The second-order valence-corrected chi connectivity index (χ2v) is 9.32. The van der Waals surface area contributed by atoms with E-state index in [-0.39, 0.29) is 5.91 Å². The topological polar surface area (TPSA) is 112 Å². The number of aromatic amines is 2. The van der Waals surface area contributed by atoms with E-state index in [4.69, 9.17) is 4.42 Å². The van der Waals surface area contributed by atoms with Crippen molar-refractivity contribution in [2.24, 2.45) is 0 Å². The molecule has 7 rings (SSSR count). The second kappa shape index (κ2) is 9.42. The summed E-state index contributed by atoms with van der Waals surface area (Å²) in [5.74, 6) is -0.0872. The van der Waals surface area contributed by atoms with Crippen molar-refractivity contribution in [3.63, 3.8) is 0 Å². The third kappa shape index (κ3) is 4.34. The lowest BCUT2D eigenvalue weighted by molar-refractivity contribution is -0.115. The molecule has 1 amide bonds. The van der Waals surface area contributed by atoms with Crippen LogP contribution in [0.3, 0.4) is 0 Å². The minimum Gasteiger partial charge on any atom is -0.472 e. The molecular formula is C31H22N6O2. The normalized spacial score (nSPS) is 11.3. The van der Waals surface area contributed by atoms with Crippen molar-refractivity contribution in [2.45, 2.75) is 6.42 Å². The van der Waals surface area contributed by atoms with Gasteiger partial charge in [-0.05, 0) is 47.5 Å². The standard InChI is InChI=1S/C31H22N6O2/c38-29(12-19-4-2-1-3-5-19)34-23-13-22(16-32-17-23)20-6-7-27-24(14-20)31(37-36-27)28-15-25-26(35-28)8-10-33-30(25)21-9-11-39-18-21/h1-11,13-18,35H,12H2,(H,34,38)(H,36,37). The molecule has 0 spiro atoms. The van der Waals surface area contributed by atoms with E-state index in [2.05, 4.69) is 42.6 Å². The van der Waals surface area contributed by atoms with Crippen molar-refractivity contribution in [1.82, 2.24) is 25.1 Å². The monoisotopic (exact) mass is 510 g/mol. The van der Waals surface area contributed by atoms with E-state index < -0.39 is 0 Å². The fourth-order valence-electron chi connectivity index (χ4n) is 4.86. The Labute approximate surface area is 222 Å². The number of hydrogen-bond acceptors (Lipinski definition) is 5. The fraction of sp³-hybridized carbons (Fsp3) is 0.0323. The summed E-state index contributed by atoms with van der Waals surface area (Å²) in [7, 11) is 0. The number of anilines is 1.